The van der Waals surface area contributed by atoms with E-state index in [-0.39, 0.29) is 5.41 Å². The predicted octanol–water partition coefficient (Wildman–Crippen LogP) is 4.20. The van der Waals surface area contributed by atoms with Crippen LogP contribution in [-0.2, 0) is 18.5 Å². The van der Waals surface area contributed by atoms with Gasteiger partial charge in [0.25, 0.3) is 0 Å². The van der Waals surface area contributed by atoms with Gasteiger partial charge in [-0.15, -0.1) is 0 Å². The Kier molecular flexibility index (Phi) is 4.69. The minimum atomic E-state index is 0.211. The average molecular weight is 282 g/mol. The summed E-state index contributed by atoms with van der Waals surface area (Å²) in [5.41, 5.74) is 11.0. The Morgan fingerprint density at radius 2 is 1.52 bits per heavy atom. The Hall–Kier alpha value is -1.80. The summed E-state index contributed by atoms with van der Waals surface area (Å²) < 4.78 is 0. The van der Waals surface area contributed by atoms with Crippen LogP contribution in [-0.4, -0.2) is 11.9 Å². The van der Waals surface area contributed by atoms with Gasteiger partial charge in [0, 0.05) is 18.8 Å². The molecule has 2 heteroatoms. The molecule has 0 saturated carbocycles. The lowest BCUT2D eigenvalue weighted by atomic mass is 9.87. The highest BCUT2D eigenvalue weighted by atomic mass is 15.1. The van der Waals surface area contributed by atoms with Crippen LogP contribution in [0.3, 0.4) is 0 Å². The molecular formula is C19H26N2. The fourth-order valence-corrected chi connectivity index (χ4v) is 2.45. The van der Waals surface area contributed by atoms with Gasteiger partial charge in [-0.2, -0.15) is 0 Å². The summed E-state index contributed by atoms with van der Waals surface area (Å²) in [6.07, 6.45) is 0. The maximum atomic E-state index is 6.00. The van der Waals surface area contributed by atoms with Gasteiger partial charge in [-0.1, -0.05) is 63.2 Å². The minimum Gasteiger partial charge on any atom is -0.398 e. The SMILES string of the molecule is CN(Cc1ccc(C(C)(C)C)cc1)Cc1ccccc1N. The molecule has 21 heavy (non-hydrogen) atoms. The van der Waals surface area contributed by atoms with E-state index in [1.807, 2.05) is 18.2 Å². The molecule has 2 N–H and O–H groups in total. The molecule has 0 aliphatic rings. The predicted molar refractivity (Wildman–Crippen MR) is 91.2 cm³/mol. The summed E-state index contributed by atoms with van der Waals surface area (Å²) in [4.78, 5) is 2.29. The number of rotatable bonds is 4. The van der Waals surface area contributed by atoms with Crippen molar-refractivity contribution in [2.45, 2.75) is 39.3 Å². The molecule has 0 aliphatic carbocycles. The summed E-state index contributed by atoms with van der Waals surface area (Å²) in [6, 6.07) is 17.0. The van der Waals surface area contributed by atoms with Gasteiger partial charge in [-0.25, -0.2) is 0 Å². The molecule has 0 aliphatic heterocycles. The molecule has 0 bridgehead atoms. The minimum absolute atomic E-state index is 0.211. The van der Waals surface area contributed by atoms with Gasteiger partial charge in [0.15, 0.2) is 0 Å². The van der Waals surface area contributed by atoms with E-state index in [2.05, 4.69) is 63.1 Å². The van der Waals surface area contributed by atoms with Gasteiger partial charge < -0.3 is 5.73 Å². The van der Waals surface area contributed by atoms with E-state index < -0.39 is 0 Å². The topological polar surface area (TPSA) is 29.3 Å². The highest BCUT2D eigenvalue weighted by Crippen LogP contribution is 2.22. The molecule has 0 spiro atoms. The monoisotopic (exact) mass is 282 g/mol. The first-order valence-corrected chi connectivity index (χ1v) is 7.47. The molecule has 0 amide bonds. The summed E-state index contributed by atoms with van der Waals surface area (Å²) in [7, 11) is 2.13. The number of nitrogen functional groups attached to an aromatic ring is 1. The van der Waals surface area contributed by atoms with Gasteiger partial charge in [-0.05, 0) is 35.2 Å². The first-order valence-electron chi connectivity index (χ1n) is 7.47. The zero-order chi connectivity index (χ0) is 15.5. The van der Waals surface area contributed by atoms with Crippen LogP contribution in [0.15, 0.2) is 48.5 Å². The van der Waals surface area contributed by atoms with Crippen LogP contribution in [0.1, 0.15) is 37.5 Å². The third-order valence-electron chi connectivity index (χ3n) is 3.77. The summed E-state index contributed by atoms with van der Waals surface area (Å²) in [5, 5.41) is 0. The van der Waals surface area contributed by atoms with Crippen LogP contribution in [0.5, 0.6) is 0 Å². The van der Waals surface area contributed by atoms with E-state index in [1.165, 1.54) is 16.7 Å². The largest absolute Gasteiger partial charge is 0.398 e. The zero-order valence-corrected chi connectivity index (χ0v) is 13.6. The summed E-state index contributed by atoms with van der Waals surface area (Å²) >= 11 is 0. The Morgan fingerprint density at radius 3 is 2.10 bits per heavy atom. The van der Waals surface area contributed by atoms with Crippen molar-refractivity contribution in [3.05, 3.63) is 65.2 Å². The maximum absolute atomic E-state index is 6.00. The second-order valence-electron chi connectivity index (χ2n) is 6.82. The standard InChI is InChI=1S/C19H26N2/c1-19(2,3)17-11-9-15(10-12-17)13-21(4)14-16-7-5-6-8-18(16)20/h5-12H,13-14,20H2,1-4H3. The third kappa shape index (κ3) is 4.33. The highest BCUT2D eigenvalue weighted by Gasteiger charge is 2.13. The van der Waals surface area contributed by atoms with Gasteiger partial charge in [0.05, 0.1) is 0 Å². The molecule has 0 saturated heterocycles. The highest BCUT2D eigenvalue weighted by molar-refractivity contribution is 5.46. The zero-order valence-electron chi connectivity index (χ0n) is 13.6. The molecule has 0 radical (unpaired) electrons. The van der Waals surface area contributed by atoms with Crippen LogP contribution >= 0.6 is 0 Å². The number of hydrogen-bond acceptors (Lipinski definition) is 2. The number of benzene rings is 2. The van der Waals surface area contributed by atoms with E-state index in [1.54, 1.807) is 0 Å². The maximum Gasteiger partial charge on any atom is 0.0359 e. The Labute approximate surface area is 128 Å². The number of hydrogen-bond donors (Lipinski definition) is 1. The number of nitrogens with zero attached hydrogens (tertiary/aromatic N) is 1. The van der Waals surface area contributed by atoms with Gasteiger partial charge in [-0.3, -0.25) is 4.90 Å². The van der Waals surface area contributed by atoms with E-state index >= 15 is 0 Å². The Morgan fingerprint density at radius 1 is 0.905 bits per heavy atom. The molecule has 2 rings (SSSR count). The molecule has 2 aromatic rings. The molecule has 2 nitrogen and oxygen atoms in total. The molecule has 2 aromatic carbocycles. The van der Waals surface area contributed by atoms with E-state index in [4.69, 9.17) is 5.73 Å². The van der Waals surface area contributed by atoms with Crippen LogP contribution < -0.4 is 5.73 Å². The lowest BCUT2D eigenvalue weighted by molar-refractivity contribution is 0.319. The van der Waals surface area contributed by atoms with Crippen LogP contribution in [0.4, 0.5) is 5.69 Å². The van der Waals surface area contributed by atoms with Crippen molar-refractivity contribution in [3.8, 4) is 0 Å². The molecule has 0 atom stereocenters. The van der Waals surface area contributed by atoms with Crippen molar-refractivity contribution >= 4 is 5.69 Å². The van der Waals surface area contributed by atoms with Crippen molar-refractivity contribution in [2.24, 2.45) is 0 Å². The van der Waals surface area contributed by atoms with Gasteiger partial charge in [0.1, 0.15) is 0 Å². The van der Waals surface area contributed by atoms with E-state index in [0.29, 0.717) is 0 Å². The second-order valence-corrected chi connectivity index (χ2v) is 6.82. The Bertz CT molecular complexity index is 579. The fourth-order valence-electron chi connectivity index (χ4n) is 2.45. The molecule has 0 fully saturated rings. The van der Waals surface area contributed by atoms with E-state index in [0.717, 1.165) is 18.8 Å². The summed E-state index contributed by atoms with van der Waals surface area (Å²) in [5.74, 6) is 0. The Balaban J connectivity index is 2.00. The molecule has 0 heterocycles. The quantitative estimate of drug-likeness (QED) is 0.852. The number of nitrogens with two attached hydrogens (primary N) is 1. The normalized spacial score (nSPS) is 11.9. The molecule has 112 valence electrons. The summed E-state index contributed by atoms with van der Waals surface area (Å²) in [6.45, 7) is 8.53. The molecule has 0 aromatic heterocycles. The van der Waals surface area contributed by atoms with Gasteiger partial charge in [0.2, 0.25) is 0 Å². The van der Waals surface area contributed by atoms with Crippen LogP contribution in [0.25, 0.3) is 0 Å². The second kappa shape index (κ2) is 6.31. The van der Waals surface area contributed by atoms with Crippen molar-refractivity contribution in [1.82, 2.24) is 4.90 Å². The first kappa shape index (κ1) is 15.6. The van der Waals surface area contributed by atoms with Crippen LogP contribution in [0.2, 0.25) is 0 Å². The van der Waals surface area contributed by atoms with Crippen molar-refractivity contribution in [1.29, 1.82) is 0 Å². The smallest absolute Gasteiger partial charge is 0.0359 e. The molecular weight excluding hydrogens is 256 g/mol. The average Bonchev–Trinajstić information content (AvgIpc) is 2.41. The lowest BCUT2D eigenvalue weighted by Gasteiger charge is -2.21. The van der Waals surface area contributed by atoms with Crippen molar-refractivity contribution in [2.75, 3.05) is 12.8 Å². The number of anilines is 1. The van der Waals surface area contributed by atoms with E-state index in [9.17, 15) is 0 Å². The number of para-hydroxylation sites is 1. The molecule has 0 unspecified atom stereocenters. The van der Waals surface area contributed by atoms with Crippen molar-refractivity contribution < 1.29 is 0 Å². The third-order valence-corrected chi connectivity index (χ3v) is 3.77. The van der Waals surface area contributed by atoms with Crippen molar-refractivity contribution in [3.63, 3.8) is 0 Å². The first-order chi connectivity index (χ1) is 9.86. The lowest BCUT2D eigenvalue weighted by Crippen LogP contribution is -2.18. The van der Waals surface area contributed by atoms with Crippen LogP contribution in [0, 0.1) is 0 Å². The van der Waals surface area contributed by atoms with Gasteiger partial charge >= 0.3 is 0 Å². The fraction of sp³-hybridized carbons (Fsp3) is 0.368.